The highest BCUT2D eigenvalue weighted by molar-refractivity contribution is 5.78. The third-order valence-corrected chi connectivity index (χ3v) is 5.91. The third-order valence-electron chi connectivity index (χ3n) is 5.91. The maximum Gasteiger partial charge on any atom is 0.189 e. The van der Waals surface area contributed by atoms with Gasteiger partial charge in [0, 0.05) is 57.8 Å². The highest BCUT2D eigenvalue weighted by Gasteiger charge is 2.21. The maximum absolute atomic E-state index is 6.15. The minimum absolute atomic E-state index is 0.177. The van der Waals surface area contributed by atoms with Gasteiger partial charge in [-0.2, -0.15) is 0 Å². The summed E-state index contributed by atoms with van der Waals surface area (Å²) < 4.78 is 5.71. The van der Waals surface area contributed by atoms with Crippen LogP contribution in [0.1, 0.15) is 30.0 Å². The topological polar surface area (TPSA) is 66.1 Å². The number of piperazine rings is 1. The molecular weight excluding hydrogens is 374 g/mol. The summed E-state index contributed by atoms with van der Waals surface area (Å²) in [7, 11) is 0. The fourth-order valence-corrected chi connectivity index (χ4v) is 4.22. The molecule has 6 nitrogen and oxygen atoms in total. The predicted octanol–water partition coefficient (Wildman–Crippen LogP) is 2.62. The van der Waals surface area contributed by atoms with Crippen LogP contribution in [0.25, 0.3) is 0 Å². The standard InChI is InChI=1S/C24H33N5O/c25-24(27-22-11-18-30-23-10-5-4-9-21(22)23)26-12-6-13-28-14-16-29(17-15-28)19-20-7-2-1-3-8-20/h1-5,7-10,22H,6,11-19H2,(H3,25,26,27). The Bertz CT molecular complexity index is 817. The maximum atomic E-state index is 6.15. The number of para-hydroxylation sites is 1. The van der Waals surface area contributed by atoms with Gasteiger partial charge in [-0.05, 0) is 18.1 Å². The Kier molecular flexibility index (Phi) is 7.21. The summed E-state index contributed by atoms with van der Waals surface area (Å²) >= 11 is 0. The largest absolute Gasteiger partial charge is 0.493 e. The van der Waals surface area contributed by atoms with Crippen molar-refractivity contribution in [3.63, 3.8) is 0 Å². The highest BCUT2D eigenvalue weighted by Crippen LogP contribution is 2.31. The van der Waals surface area contributed by atoms with E-state index in [0.717, 1.165) is 70.0 Å². The van der Waals surface area contributed by atoms with Crippen LogP contribution in [-0.4, -0.2) is 61.6 Å². The lowest BCUT2D eigenvalue weighted by atomic mass is 10.0. The van der Waals surface area contributed by atoms with E-state index in [9.17, 15) is 0 Å². The molecule has 1 atom stereocenters. The monoisotopic (exact) mass is 407 g/mol. The molecule has 3 N–H and O–H groups in total. The summed E-state index contributed by atoms with van der Waals surface area (Å²) in [6.45, 7) is 8.11. The van der Waals surface area contributed by atoms with E-state index in [1.165, 1.54) is 5.56 Å². The number of nitrogens with two attached hydrogens (primary N) is 1. The lowest BCUT2D eigenvalue weighted by Gasteiger charge is -2.34. The van der Waals surface area contributed by atoms with Gasteiger partial charge in [0.2, 0.25) is 0 Å². The smallest absolute Gasteiger partial charge is 0.189 e. The van der Waals surface area contributed by atoms with Crippen molar-refractivity contribution in [2.45, 2.75) is 25.4 Å². The Balaban J connectivity index is 1.15. The van der Waals surface area contributed by atoms with E-state index < -0.39 is 0 Å². The van der Waals surface area contributed by atoms with Gasteiger partial charge in [-0.1, -0.05) is 48.5 Å². The molecule has 1 saturated heterocycles. The molecule has 0 aliphatic carbocycles. The van der Waals surface area contributed by atoms with Gasteiger partial charge in [-0.3, -0.25) is 9.89 Å². The minimum Gasteiger partial charge on any atom is -0.493 e. The van der Waals surface area contributed by atoms with E-state index in [1.54, 1.807) is 0 Å². The van der Waals surface area contributed by atoms with E-state index in [4.69, 9.17) is 10.5 Å². The predicted molar refractivity (Wildman–Crippen MR) is 122 cm³/mol. The number of guanidine groups is 1. The molecule has 4 rings (SSSR count). The number of hydrogen-bond donors (Lipinski definition) is 2. The van der Waals surface area contributed by atoms with Gasteiger partial charge in [-0.15, -0.1) is 0 Å². The number of ether oxygens (including phenoxy) is 1. The van der Waals surface area contributed by atoms with Crippen molar-refractivity contribution in [3.8, 4) is 5.75 Å². The van der Waals surface area contributed by atoms with E-state index >= 15 is 0 Å². The Morgan fingerprint density at radius 3 is 2.57 bits per heavy atom. The first-order chi connectivity index (χ1) is 14.8. The lowest BCUT2D eigenvalue weighted by Crippen LogP contribution is -2.46. The second kappa shape index (κ2) is 10.5. The molecule has 2 aromatic rings. The van der Waals surface area contributed by atoms with E-state index in [1.807, 2.05) is 18.2 Å². The minimum atomic E-state index is 0.177. The molecule has 2 heterocycles. The van der Waals surface area contributed by atoms with Crippen molar-refractivity contribution in [3.05, 3.63) is 65.7 Å². The van der Waals surface area contributed by atoms with Gasteiger partial charge in [0.05, 0.1) is 12.6 Å². The molecule has 160 valence electrons. The Morgan fingerprint density at radius 1 is 1.00 bits per heavy atom. The van der Waals surface area contributed by atoms with Crippen LogP contribution >= 0.6 is 0 Å². The number of nitrogens with zero attached hydrogens (tertiary/aromatic N) is 3. The zero-order valence-corrected chi connectivity index (χ0v) is 17.7. The number of nitrogens with one attached hydrogen (secondary N) is 1. The normalized spacial score (nSPS) is 20.4. The van der Waals surface area contributed by atoms with Gasteiger partial charge in [0.15, 0.2) is 5.96 Å². The van der Waals surface area contributed by atoms with Crippen LogP contribution in [0.15, 0.2) is 59.6 Å². The molecule has 0 amide bonds. The van der Waals surface area contributed by atoms with Crippen LogP contribution in [0.3, 0.4) is 0 Å². The van der Waals surface area contributed by atoms with Crippen LogP contribution in [0.4, 0.5) is 0 Å². The molecule has 2 aliphatic rings. The van der Waals surface area contributed by atoms with Crippen molar-refractivity contribution in [1.82, 2.24) is 15.1 Å². The molecule has 2 aromatic carbocycles. The fraction of sp³-hybridized carbons (Fsp3) is 0.458. The zero-order valence-electron chi connectivity index (χ0n) is 17.7. The Hall–Kier alpha value is -2.57. The van der Waals surface area contributed by atoms with E-state index in [0.29, 0.717) is 12.6 Å². The number of aliphatic imine (C=N–C) groups is 1. The van der Waals surface area contributed by atoms with Gasteiger partial charge in [-0.25, -0.2) is 0 Å². The number of benzene rings is 2. The van der Waals surface area contributed by atoms with Crippen molar-refractivity contribution < 1.29 is 4.74 Å². The van der Waals surface area contributed by atoms with Crippen LogP contribution < -0.4 is 15.8 Å². The number of rotatable bonds is 7. The van der Waals surface area contributed by atoms with E-state index in [2.05, 4.69) is 56.5 Å². The van der Waals surface area contributed by atoms with Crippen molar-refractivity contribution in [2.24, 2.45) is 10.7 Å². The molecule has 0 aromatic heterocycles. The summed E-state index contributed by atoms with van der Waals surface area (Å²) in [5.41, 5.74) is 8.71. The average Bonchev–Trinajstić information content (AvgIpc) is 2.79. The van der Waals surface area contributed by atoms with Crippen molar-refractivity contribution in [2.75, 3.05) is 45.9 Å². The van der Waals surface area contributed by atoms with Gasteiger partial charge in [0.25, 0.3) is 0 Å². The van der Waals surface area contributed by atoms with Crippen molar-refractivity contribution in [1.29, 1.82) is 0 Å². The Labute approximate surface area is 179 Å². The summed E-state index contributed by atoms with van der Waals surface area (Å²) in [4.78, 5) is 9.63. The molecule has 0 radical (unpaired) electrons. The van der Waals surface area contributed by atoms with Gasteiger partial charge < -0.3 is 20.7 Å². The van der Waals surface area contributed by atoms with Crippen molar-refractivity contribution >= 4 is 5.96 Å². The van der Waals surface area contributed by atoms with E-state index in [-0.39, 0.29) is 6.04 Å². The molecule has 0 saturated carbocycles. The first kappa shape index (κ1) is 20.7. The van der Waals surface area contributed by atoms with Crippen LogP contribution in [0, 0.1) is 0 Å². The SMILES string of the molecule is NC(=NCCCN1CCN(Cc2ccccc2)CC1)NC1CCOc2ccccc21. The van der Waals surface area contributed by atoms with Gasteiger partial charge >= 0.3 is 0 Å². The highest BCUT2D eigenvalue weighted by atomic mass is 16.5. The van der Waals surface area contributed by atoms with Gasteiger partial charge in [0.1, 0.15) is 5.75 Å². The second-order valence-electron chi connectivity index (χ2n) is 8.10. The molecular formula is C24H33N5O. The summed E-state index contributed by atoms with van der Waals surface area (Å²) in [6, 6.07) is 19.1. The second-order valence-corrected chi connectivity index (χ2v) is 8.10. The number of fused-ring (bicyclic) bond motifs is 1. The zero-order chi connectivity index (χ0) is 20.6. The molecule has 30 heavy (non-hydrogen) atoms. The summed E-state index contributed by atoms with van der Waals surface area (Å²) in [5, 5.41) is 3.37. The lowest BCUT2D eigenvalue weighted by molar-refractivity contribution is 0.127. The quantitative estimate of drug-likeness (QED) is 0.420. The Morgan fingerprint density at radius 2 is 1.73 bits per heavy atom. The number of hydrogen-bond acceptors (Lipinski definition) is 4. The first-order valence-electron chi connectivity index (χ1n) is 11.0. The van der Waals surface area contributed by atoms with Crippen LogP contribution in [0.5, 0.6) is 5.75 Å². The fourth-order valence-electron chi connectivity index (χ4n) is 4.22. The summed E-state index contributed by atoms with van der Waals surface area (Å²) in [5.74, 6) is 1.48. The molecule has 1 fully saturated rings. The summed E-state index contributed by atoms with van der Waals surface area (Å²) in [6.07, 6.45) is 1.94. The molecule has 6 heteroatoms. The van der Waals surface area contributed by atoms with Crippen LogP contribution in [0.2, 0.25) is 0 Å². The molecule has 1 unspecified atom stereocenters. The van der Waals surface area contributed by atoms with Crippen LogP contribution in [-0.2, 0) is 6.54 Å². The third kappa shape index (κ3) is 5.74. The average molecular weight is 408 g/mol. The molecule has 0 bridgehead atoms. The molecule has 2 aliphatic heterocycles. The first-order valence-corrected chi connectivity index (χ1v) is 11.0. The molecule has 0 spiro atoms.